The third kappa shape index (κ3) is 5.19. The third-order valence-electron chi connectivity index (χ3n) is 4.50. The summed E-state index contributed by atoms with van der Waals surface area (Å²) >= 11 is 3.26. The van der Waals surface area contributed by atoms with Gasteiger partial charge in [0.25, 0.3) is 0 Å². The summed E-state index contributed by atoms with van der Waals surface area (Å²) in [6.07, 6.45) is 0.926. The first-order valence-electron chi connectivity index (χ1n) is 8.74. The molecule has 0 fully saturated rings. The predicted molar refractivity (Wildman–Crippen MR) is 111 cm³/mol. The number of methoxy groups -OCH3 is 1. The molecule has 164 valence electrons. The van der Waals surface area contributed by atoms with Gasteiger partial charge in [-0.1, -0.05) is 40.2 Å². The molecule has 0 bridgehead atoms. The van der Waals surface area contributed by atoms with Crippen molar-refractivity contribution in [2.45, 2.75) is 12.7 Å². The van der Waals surface area contributed by atoms with Crippen molar-refractivity contribution in [2.75, 3.05) is 7.11 Å². The minimum absolute atomic E-state index is 0.173. The number of carbonyl (C=O) groups excluding carboxylic acids is 1. The van der Waals surface area contributed by atoms with Crippen LogP contribution in [0.2, 0.25) is 0 Å². The number of hydrogen-bond donors (Lipinski definition) is 1. The Morgan fingerprint density at radius 1 is 1.16 bits per heavy atom. The van der Waals surface area contributed by atoms with Crippen molar-refractivity contribution in [2.24, 2.45) is 0 Å². The van der Waals surface area contributed by atoms with Gasteiger partial charge in [0.1, 0.15) is 0 Å². The van der Waals surface area contributed by atoms with Crippen LogP contribution in [0.1, 0.15) is 21.5 Å². The second-order valence-electron chi connectivity index (χ2n) is 6.47. The SMILES string of the molecule is COC(=O)c1ccc(-c2c[nH]c(=O)n2Cc2ccc(CP(=O)(OF)OF)c(Br)c2)cc1. The van der Waals surface area contributed by atoms with Gasteiger partial charge in [-0.2, -0.15) is 0 Å². The maximum absolute atomic E-state index is 12.3. The summed E-state index contributed by atoms with van der Waals surface area (Å²) in [7, 11) is -3.24. The molecule has 3 aromatic rings. The van der Waals surface area contributed by atoms with E-state index in [0.29, 0.717) is 32.4 Å². The van der Waals surface area contributed by atoms with Crippen LogP contribution in [0.5, 0.6) is 0 Å². The van der Waals surface area contributed by atoms with E-state index in [1.165, 1.54) is 17.7 Å². The zero-order valence-electron chi connectivity index (χ0n) is 16.0. The Labute approximate surface area is 183 Å². The Morgan fingerprint density at radius 2 is 1.84 bits per heavy atom. The van der Waals surface area contributed by atoms with E-state index in [9.17, 15) is 23.2 Å². The fourth-order valence-corrected chi connectivity index (χ4v) is 4.55. The summed E-state index contributed by atoms with van der Waals surface area (Å²) in [6, 6.07) is 11.3. The average molecular weight is 517 g/mol. The van der Waals surface area contributed by atoms with Crippen LogP contribution in [0.25, 0.3) is 11.3 Å². The van der Waals surface area contributed by atoms with Crippen molar-refractivity contribution >= 4 is 29.5 Å². The van der Waals surface area contributed by atoms with E-state index in [1.807, 2.05) is 0 Å². The Kier molecular flexibility index (Phi) is 7.22. The number of ether oxygens (including phenoxy) is 1. The summed E-state index contributed by atoms with van der Waals surface area (Å²) in [5.41, 5.74) is 2.28. The van der Waals surface area contributed by atoms with Gasteiger partial charge in [-0.05, 0) is 43.9 Å². The van der Waals surface area contributed by atoms with E-state index >= 15 is 0 Å². The number of nitrogens with zero attached hydrogens (tertiary/aromatic N) is 1. The second kappa shape index (κ2) is 9.69. The summed E-state index contributed by atoms with van der Waals surface area (Å²) in [4.78, 5) is 26.5. The van der Waals surface area contributed by atoms with Gasteiger partial charge in [-0.15, -0.1) is 9.46 Å². The highest BCUT2D eigenvalue weighted by Crippen LogP contribution is 2.53. The van der Waals surface area contributed by atoms with E-state index in [2.05, 4.69) is 35.1 Å². The number of aromatic amines is 1. The normalized spacial score (nSPS) is 11.5. The molecule has 8 nitrogen and oxygen atoms in total. The number of imidazole rings is 1. The van der Waals surface area contributed by atoms with Crippen LogP contribution in [-0.4, -0.2) is 22.6 Å². The van der Waals surface area contributed by atoms with Gasteiger partial charge in [0.2, 0.25) is 0 Å². The first-order valence-corrected chi connectivity index (χ1v) is 11.3. The Balaban J connectivity index is 1.87. The van der Waals surface area contributed by atoms with Crippen molar-refractivity contribution in [1.29, 1.82) is 0 Å². The molecular formula is C19H16BrF2N2O6P. The number of carbonyl (C=O) groups is 1. The molecule has 12 heteroatoms. The lowest BCUT2D eigenvalue weighted by atomic mass is 10.1. The minimum atomic E-state index is -4.53. The maximum Gasteiger partial charge on any atom is 0.399 e. The lowest BCUT2D eigenvalue weighted by molar-refractivity contribution is -0.0881. The molecule has 0 aliphatic carbocycles. The highest BCUT2D eigenvalue weighted by Gasteiger charge is 2.29. The average Bonchev–Trinajstić information content (AvgIpc) is 3.15. The molecule has 1 aromatic heterocycles. The maximum atomic E-state index is 12.3. The quantitative estimate of drug-likeness (QED) is 0.336. The largest absolute Gasteiger partial charge is 0.465 e. The highest BCUT2D eigenvalue weighted by molar-refractivity contribution is 9.10. The first kappa shape index (κ1) is 23.1. The number of hydrogen-bond acceptors (Lipinski definition) is 6. The number of benzene rings is 2. The first-order chi connectivity index (χ1) is 14.8. The summed E-state index contributed by atoms with van der Waals surface area (Å²) < 4.78 is 49.1. The molecule has 0 radical (unpaired) electrons. The standard InChI is InChI=1S/C19H16BrF2N2O6P/c1-28-18(25)14-6-4-13(5-7-14)17-9-23-19(26)24(17)10-12-2-3-15(16(20)8-12)11-31(27,29-21)30-22/h2-9H,10-11H2,1H3,(H,23,26). The van der Waals surface area contributed by atoms with Gasteiger partial charge < -0.3 is 9.72 Å². The van der Waals surface area contributed by atoms with E-state index in [4.69, 9.17) is 0 Å². The second-order valence-corrected chi connectivity index (χ2v) is 9.14. The number of aromatic nitrogens is 2. The molecule has 31 heavy (non-hydrogen) atoms. The number of H-pyrrole nitrogens is 1. The molecule has 0 aliphatic heterocycles. The fourth-order valence-electron chi connectivity index (χ4n) is 2.95. The number of esters is 1. The van der Waals surface area contributed by atoms with Crippen molar-refractivity contribution < 1.29 is 32.6 Å². The topological polar surface area (TPSA) is 99.6 Å². The minimum Gasteiger partial charge on any atom is -0.465 e. The number of nitrogens with one attached hydrogen (secondary N) is 1. The molecule has 0 amide bonds. The van der Waals surface area contributed by atoms with Crippen LogP contribution in [-0.2, 0) is 31.5 Å². The van der Waals surface area contributed by atoms with Crippen molar-refractivity contribution in [1.82, 2.24) is 9.55 Å². The molecular weight excluding hydrogens is 501 g/mol. The molecule has 3 rings (SSSR count). The van der Waals surface area contributed by atoms with Crippen LogP contribution < -0.4 is 5.69 Å². The molecule has 0 saturated heterocycles. The molecule has 0 atom stereocenters. The van der Waals surface area contributed by atoms with Gasteiger partial charge in [-0.25, -0.2) is 9.59 Å². The van der Waals surface area contributed by atoms with Gasteiger partial charge >= 0.3 is 19.3 Å². The van der Waals surface area contributed by atoms with Crippen molar-refractivity contribution in [3.8, 4) is 11.3 Å². The number of rotatable bonds is 8. The monoisotopic (exact) mass is 516 g/mol. The van der Waals surface area contributed by atoms with Gasteiger partial charge in [0.15, 0.2) is 0 Å². The molecule has 1 heterocycles. The zero-order valence-corrected chi connectivity index (χ0v) is 18.5. The van der Waals surface area contributed by atoms with Crippen LogP contribution in [0, 0.1) is 0 Å². The Bertz CT molecular complexity index is 1190. The highest BCUT2D eigenvalue weighted by atomic mass is 79.9. The molecule has 0 spiro atoms. The van der Waals surface area contributed by atoms with E-state index < -0.39 is 19.7 Å². The van der Waals surface area contributed by atoms with Crippen molar-refractivity contribution in [3.05, 3.63) is 80.3 Å². The van der Waals surface area contributed by atoms with Crippen LogP contribution in [0.4, 0.5) is 9.05 Å². The van der Waals surface area contributed by atoms with E-state index in [1.54, 1.807) is 42.6 Å². The molecule has 0 unspecified atom stereocenters. The van der Waals surface area contributed by atoms with Crippen molar-refractivity contribution in [3.63, 3.8) is 0 Å². The van der Waals surface area contributed by atoms with E-state index in [-0.39, 0.29) is 12.2 Å². The molecule has 0 saturated carbocycles. The van der Waals surface area contributed by atoms with Crippen LogP contribution in [0.3, 0.4) is 0 Å². The van der Waals surface area contributed by atoms with Gasteiger partial charge in [-0.3, -0.25) is 9.13 Å². The van der Waals surface area contributed by atoms with Gasteiger partial charge in [0, 0.05) is 10.7 Å². The third-order valence-corrected chi connectivity index (χ3v) is 6.39. The fraction of sp³-hybridized carbons (Fsp3) is 0.158. The lowest BCUT2D eigenvalue weighted by Gasteiger charge is -2.12. The number of halogens is 3. The Hall–Kier alpha value is -2.59. The van der Waals surface area contributed by atoms with Gasteiger partial charge in [0.05, 0.1) is 31.1 Å². The molecule has 2 aromatic carbocycles. The molecule has 1 N–H and O–H groups in total. The van der Waals surface area contributed by atoms with Crippen LogP contribution in [0.15, 0.2) is 57.9 Å². The Morgan fingerprint density at radius 3 is 2.42 bits per heavy atom. The zero-order chi connectivity index (χ0) is 22.6. The summed E-state index contributed by atoms with van der Waals surface area (Å²) in [6.45, 7) is 0.173. The summed E-state index contributed by atoms with van der Waals surface area (Å²) in [5, 5.41) is 0. The summed E-state index contributed by atoms with van der Waals surface area (Å²) in [5.74, 6) is -0.469. The van der Waals surface area contributed by atoms with E-state index in [0.717, 1.165) is 0 Å². The lowest BCUT2D eigenvalue weighted by Crippen LogP contribution is -2.18. The predicted octanol–water partition coefficient (Wildman–Crippen LogP) is 4.94. The smallest absolute Gasteiger partial charge is 0.399 e. The van der Waals surface area contributed by atoms with Crippen LogP contribution >= 0.6 is 23.5 Å². The molecule has 0 aliphatic rings.